The van der Waals surface area contributed by atoms with Crippen LogP contribution in [-0.2, 0) is 0 Å². The van der Waals surface area contributed by atoms with Crippen LogP contribution < -0.4 is 5.73 Å². The van der Waals surface area contributed by atoms with Gasteiger partial charge in [0, 0.05) is 11.6 Å². The molecule has 1 nitrogen and oxygen atoms in total. The van der Waals surface area contributed by atoms with Crippen molar-refractivity contribution in [3.8, 4) is 11.1 Å². The molecule has 17 heavy (non-hydrogen) atoms. The van der Waals surface area contributed by atoms with Crippen molar-refractivity contribution in [2.75, 3.05) is 5.73 Å². The Kier molecular flexibility index (Phi) is 2.25. The molecule has 1 aliphatic rings. The van der Waals surface area contributed by atoms with Crippen LogP contribution in [0.4, 0.5) is 5.69 Å². The number of anilines is 1. The molecule has 0 bridgehead atoms. The molecule has 0 amide bonds. The molecule has 1 heteroatoms. The molecule has 0 radical (unpaired) electrons. The fourth-order valence-corrected chi connectivity index (χ4v) is 2.82. The molecule has 0 aromatic heterocycles. The minimum absolute atomic E-state index is 0.375. The molecule has 0 saturated carbocycles. The standard InChI is InChI=1S/C16H15N/c1-2-6-13-11-7-3-4-8-12(11)14-9-5-10-15(17)16(13)14/h2-5,7-10,13H,1,6,17H2. The van der Waals surface area contributed by atoms with E-state index >= 15 is 0 Å². The molecule has 84 valence electrons. The van der Waals surface area contributed by atoms with Crippen molar-refractivity contribution >= 4 is 5.69 Å². The van der Waals surface area contributed by atoms with Crippen molar-refractivity contribution < 1.29 is 0 Å². The maximum absolute atomic E-state index is 6.14. The Hall–Kier alpha value is -2.02. The summed E-state index contributed by atoms with van der Waals surface area (Å²) >= 11 is 0. The highest BCUT2D eigenvalue weighted by Gasteiger charge is 2.28. The van der Waals surface area contributed by atoms with Crippen molar-refractivity contribution in [3.05, 3.63) is 66.2 Å². The van der Waals surface area contributed by atoms with Gasteiger partial charge in [0.1, 0.15) is 0 Å². The van der Waals surface area contributed by atoms with Crippen LogP contribution in [0.15, 0.2) is 55.1 Å². The number of allylic oxidation sites excluding steroid dienone is 1. The lowest BCUT2D eigenvalue weighted by molar-refractivity contribution is 0.858. The zero-order valence-corrected chi connectivity index (χ0v) is 9.69. The molecule has 1 atom stereocenters. The molecule has 0 heterocycles. The van der Waals surface area contributed by atoms with Gasteiger partial charge >= 0.3 is 0 Å². The Bertz CT molecular complexity index is 584. The second-order valence-electron chi connectivity index (χ2n) is 4.47. The molecule has 1 aliphatic carbocycles. The van der Waals surface area contributed by atoms with Gasteiger partial charge in [0.25, 0.3) is 0 Å². The Labute approximate surface area is 102 Å². The average Bonchev–Trinajstić information content (AvgIpc) is 2.67. The van der Waals surface area contributed by atoms with E-state index in [1.165, 1.54) is 22.3 Å². The Morgan fingerprint density at radius 2 is 1.82 bits per heavy atom. The van der Waals surface area contributed by atoms with E-state index in [0.29, 0.717) is 5.92 Å². The molecule has 0 saturated heterocycles. The average molecular weight is 221 g/mol. The SMILES string of the molecule is C=CCC1c2ccccc2-c2cccc(N)c21. The van der Waals surface area contributed by atoms with Crippen LogP contribution in [0.2, 0.25) is 0 Å². The summed E-state index contributed by atoms with van der Waals surface area (Å²) < 4.78 is 0. The second kappa shape index (κ2) is 3.77. The van der Waals surface area contributed by atoms with Gasteiger partial charge in [0.15, 0.2) is 0 Å². The number of hydrogen-bond donors (Lipinski definition) is 1. The van der Waals surface area contributed by atoms with Crippen molar-refractivity contribution in [1.29, 1.82) is 0 Å². The smallest absolute Gasteiger partial charge is 0.0359 e. The van der Waals surface area contributed by atoms with Crippen LogP contribution in [-0.4, -0.2) is 0 Å². The van der Waals surface area contributed by atoms with Gasteiger partial charge in [-0.3, -0.25) is 0 Å². The number of hydrogen-bond acceptors (Lipinski definition) is 1. The van der Waals surface area contributed by atoms with Crippen molar-refractivity contribution in [1.82, 2.24) is 0 Å². The Balaban J connectivity index is 2.29. The maximum atomic E-state index is 6.14. The van der Waals surface area contributed by atoms with Crippen LogP contribution in [0, 0.1) is 0 Å². The van der Waals surface area contributed by atoms with Crippen LogP contribution in [0.25, 0.3) is 11.1 Å². The third kappa shape index (κ3) is 1.39. The van der Waals surface area contributed by atoms with Crippen molar-refractivity contribution in [2.24, 2.45) is 0 Å². The number of fused-ring (bicyclic) bond motifs is 3. The molecule has 0 aliphatic heterocycles. The highest BCUT2D eigenvalue weighted by atomic mass is 14.6. The maximum Gasteiger partial charge on any atom is 0.0359 e. The highest BCUT2D eigenvalue weighted by molar-refractivity contribution is 5.83. The summed E-state index contributed by atoms with van der Waals surface area (Å²) in [6.45, 7) is 3.86. The van der Waals surface area contributed by atoms with E-state index < -0.39 is 0 Å². The third-order valence-corrected chi connectivity index (χ3v) is 3.52. The minimum Gasteiger partial charge on any atom is -0.398 e. The molecule has 1 unspecified atom stereocenters. The number of benzene rings is 2. The van der Waals surface area contributed by atoms with E-state index in [0.717, 1.165) is 12.1 Å². The molecule has 2 N–H and O–H groups in total. The highest BCUT2D eigenvalue weighted by Crippen LogP contribution is 2.48. The minimum atomic E-state index is 0.375. The van der Waals surface area contributed by atoms with Crippen molar-refractivity contribution in [2.45, 2.75) is 12.3 Å². The van der Waals surface area contributed by atoms with Crippen molar-refractivity contribution in [3.63, 3.8) is 0 Å². The third-order valence-electron chi connectivity index (χ3n) is 3.52. The zero-order valence-electron chi connectivity index (χ0n) is 9.69. The summed E-state index contributed by atoms with van der Waals surface area (Å²) in [5.74, 6) is 0.375. The van der Waals surface area contributed by atoms with E-state index in [9.17, 15) is 0 Å². The fourth-order valence-electron chi connectivity index (χ4n) is 2.82. The molecule has 2 aromatic carbocycles. The predicted molar refractivity (Wildman–Crippen MR) is 72.9 cm³/mol. The van der Waals surface area contributed by atoms with Gasteiger partial charge in [0.05, 0.1) is 0 Å². The number of nitrogen functional groups attached to an aromatic ring is 1. The van der Waals surface area contributed by atoms with Gasteiger partial charge in [-0.25, -0.2) is 0 Å². The lowest BCUT2D eigenvalue weighted by Crippen LogP contribution is -1.99. The summed E-state index contributed by atoms with van der Waals surface area (Å²) in [4.78, 5) is 0. The van der Waals surface area contributed by atoms with Gasteiger partial charge in [-0.1, -0.05) is 42.5 Å². The summed E-state index contributed by atoms with van der Waals surface area (Å²) in [7, 11) is 0. The van der Waals surface area contributed by atoms with Crippen LogP contribution in [0.5, 0.6) is 0 Å². The first-order chi connectivity index (χ1) is 8.33. The predicted octanol–water partition coefficient (Wildman–Crippen LogP) is 3.96. The lowest BCUT2D eigenvalue weighted by atomic mass is 9.93. The van der Waals surface area contributed by atoms with Gasteiger partial charge in [-0.2, -0.15) is 0 Å². The van der Waals surface area contributed by atoms with Gasteiger partial charge in [-0.05, 0) is 34.7 Å². The van der Waals surface area contributed by atoms with Gasteiger partial charge in [-0.15, -0.1) is 6.58 Å². The van der Waals surface area contributed by atoms with Gasteiger partial charge in [0.2, 0.25) is 0 Å². The lowest BCUT2D eigenvalue weighted by Gasteiger charge is -2.12. The van der Waals surface area contributed by atoms with Crippen LogP contribution in [0.3, 0.4) is 0 Å². The first-order valence-corrected chi connectivity index (χ1v) is 5.91. The monoisotopic (exact) mass is 221 g/mol. The first kappa shape index (κ1) is 10.2. The summed E-state index contributed by atoms with van der Waals surface area (Å²) in [5, 5.41) is 0. The summed E-state index contributed by atoms with van der Waals surface area (Å²) in [6.07, 6.45) is 2.92. The Morgan fingerprint density at radius 1 is 1.06 bits per heavy atom. The topological polar surface area (TPSA) is 26.0 Å². The largest absolute Gasteiger partial charge is 0.398 e. The molecule has 2 aromatic rings. The second-order valence-corrected chi connectivity index (χ2v) is 4.47. The fraction of sp³-hybridized carbons (Fsp3) is 0.125. The molecular weight excluding hydrogens is 206 g/mol. The molecule has 3 rings (SSSR count). The van der Waals surface area contributed by atoms with E-state index in [4.69, 9.17) is 5.73 Å². The van der Waals surface area contributed by atoms with Crippen LogP contribution in [0.1, 0.15) is 23.5 Å². The van der Waals surface area contributed by atoms with Gasteiger partial charge < -0.3 is 5.73 Å². The first-order valence-electron chi connectivity index (χ1n) is 5.91. The van der Waals surface area contributed by atoms with E-state index in [-0.39, 0.29) is 0 Å². The number of rotatable bonds is 2. The van der Waals surface area contributed by atoms with E-state index in [1.54, 1.807) is 0 Å². The van der Waals surface area contributed by atoms with E-state index in [1.807, 2.05) is 18.2 Å². The quantitative estimate of drug-likeness (QED) is 0.603. The van der Waals surface area contributed by atoms with E-state index in [2.05, 4.69) is 36.9 Å². The zero-order chi connectivity index (χ0) is 11.8. The Morgan fingerprint density at radius 3 is 2.65 bits per heavy atom. The normalized spacial score (nSPS) is 16.4. The van der Waals surface area contributed by atoms with Crippen LogP contribution >= 0.6 is 0 Å². The molecular formula is C16H15N. The number of nitrogens with two attached hydrogens (primary N) is 1. The molecule has 0 spiro atoms. The summed E-state index contributed by atoms with van der Waals surface area (Å²) in [5.41, 5.74) is 12.3. The summed E-state index contributed by atoms with van der Waals surface area (Å²) in [6, 6.07) is 14.7. The molecule has 0 fully saturated rings.